The van der Waals surface area contributed by atoms with E-state index in [1.54, 1.807) is 12.1 Å². The molecule has 0 saturated carbocycles. The molecule has 0 bridgehead atoms. The van der Waals surface area contributed by atoms with Crippen molar-refractivity contribution >= 4 is 17.3 Å². The zero-order chi connectivity index (χ0) is 21.8. The number of amides is 1. The van der Waals surface area contributed by atoms with E-state index in [2.05, 4.69) is 22.6 Å². The third-order valence-corrected chi connectivity index (χ3v) is 5.00. The molecule has 1 atom stereocenters. The molecule has 0 heterocycles. The van der Waals surface area contributed by atoms with Crippen molar-refractivity contribution in [2.75, 3.05) is 18.5 Å². The van der Waals surface area contributed by atoms with E-state index in [9.17, 15) is 9.90 Å². The summed E-state index contributed by atoms with van der Waals surface area (Å²) in [4.78, 5) is 16.6. The summed E-state index contributed by atoms with van der Waals surface area (Å²) in [6.07, 6.45) is -0.842. The first kappa shape index (κ1) is 20.6. The molecule has 31 heavy (non-hydrogen) atoms. The summed E-state index contributed by atoms with van der Waals surface area (Å²) in [5.74, 6) is 0.507. The molecule has 2 N–H and O–H groups in total. The molecule has 1 amide bonds. The smallest absolute Gasteiger partial charge is 0.221 e. The fourth-order valence-corrected chi connectivity index (χ4v) is 3.61. The minimum absolute atomic E-state index is 0.0108. The summed E-state index contributed by atoms with van der Waals surface area (Å²) in [5, 5.41) is 17.3. The second-order valence-corrected chi connectivity index (χ2v) is 7.45. The summed E-state index contributed by atoms with van der Waals surface area (Å²) >= 11 is 0. The molecular weight excluding hydrogens is 392 g/mol. The van der Waals surface area contributed by atoms with Gasteiger partial charge in [-0.1, -0.05) is 53.7 Å². The van der Waals surface area contributed by atoms with Gasteiger partial charge in [0.05, 0.1) is 0 Å². The largest absolute Gasteiger partial charge is 0.490 e. The average molecular weight is 416 g/mol. The van der Waals surface area contributed by atoms with Crippen LogP contribution < -0.4 is 10.1 Å². The fourth-order valence-electron chi connectivity index (χ4n) is 3.61. The number of anilines is 1. The van der Waals surface area contributed by atoms with Crippen molar-refractivity contribution in [1.82, 2.24) is 0 Å². The zero-order valence-electron chi connectivity index (χ0n) is 17.5. The predicted octanol–water partition coefficient (Wildman–Crippen LogP) is 4.14. The molecule has 158 valence electrons. The van der Waals surface area contributed by atoms with Gasteiger partial charge in [-0.15, -0.1) is 0 Å². The number of hydrogen-bond acceptors (Lipinski definition) is 5. The van der Waals surface area contributed by atoms with E-state index < -0.39 is 6.10 Å². The van der Waals surface area contributed by atoms with Gasteiger partial charge in [-0.2, -0.15) is 0 Å². The number of fused-ring (bicyclic) bond motifs is 3. The highest BCUT2D eigenvalue weighted by Gasteiger charge is 2.24. The van der Waals surface area contributed by atoms with Gasteiger partial charge in [0.15, 0.2) is 0 Å². The molecule has 0 fully saturated rings. The van der Waals surface area contributed by atoms with Crippen molar-refractivity contribution in [3.05, 3.63) is 83.4 Å². The van der Waals surface area contributed by atoms with E-state index in [1.165, 1.54) is 6.92 Å². The Morgan fingerprint density at radius 3 is 2.16 bits per heavy atom. The molecule has 0 saturated heterocycles. The van der Waals surface area contributed by atoms with Crippen molar-refractivity contribution < 1.29 is 19.5 Å². The number of rotatable bonds is 7. The van der Waals surface area contributed by atoms with E-state index in [1.807, 2.05) is 49.4 Å². The van der Waals surface area contributed by atoms with Crippen LogP contribution in [0.2, 0.25) is 0 Å². The van der Waals surface area contributed by atoms with E-state index in [0.29, 0.717) is 11.4 Å². The van der Waals surface area contributed by atoms with Gasteiger partial charge in [-0.3, -0.25) is 4.79 Å². The molecule has 0 aromatic heterocycles. The molecule has 3 aromatic rings. The van der Waals surface area contributed by atoms with Gasteiger partial charge >= 0.3 is 0 Å². The molecule has 0 radical (unpaired) electrons. The number of aliphatic hydroxyl groups is 1. The molecule has 1 aliphatic rings. The van der Waals surface area contributed by atoms with Gasteiger partial charge in [-0.05, 0) is 41.8 Å². The molecule has 6 nitrogen and oxygen atoms in total. The lowest BCUT2D eigenvalue weighted by Crippen LogP contribution is -2.23. The minimum atomic E-state index is -0.842. The van der Waals surface area contributed by atoms with Crippen molar-refractivity contribution in [3.8, 4) is 16.9 Å². The minimum Gasteiger partial charge on any atom is -0.490 e. The molecule has 6 heteroatoms. The maximum Gasteiger partial charge on any atom is 0.221 e. The second kappa shape index (κ2) is 9.02. The molecule has 0 aliphatic heterocycles. The van der Waals surface area contributed by atoms with Gasteiger partial charge in [0.2, 0.25) is 5.91 Å². The Kier molecular flexibility index (Phi) is 6.00. The monoisotopic (exact) mass is 416 g/mol. The molecular formula is C25H24N2O4. The lowest BCUT2D eigenvalue weighted by atomic mass is 10.1. The lowest BCUT2D eigenvalue weighted by Gasteiger charge is -2.14. The summed E-state index contributed by atoms with van der Waals surface area (Å²) < 4.78 is 5.70. The van der Waals surface area contributed by atoms with Gasteiger partial charge in [-0.25, -0.2) is 0 Å². The molecule has 0 unspecified atom stereocenters. The lowest BCUT2D eigenvalue weighted by molar-refractivity contribution is -0.114. The normalized spacial score (nSPS) is 12.5. The Labute approximate surface area is 181 Å². The highest BCUT2D eigenvalue weighted by atomic mass is 16.6. The van der Waals surface area contributed by atoms with Crippen LogP contribution in [-0.2, 0) is 9.63 Å². The zero-order valence-corrected chi connectivity index (χ0v) is 17.5. The molecule has 0 spiro atoms. The number of nitrogens with zero attached hydrogens (tertiary/aromatic N) is 1. The standard InChI is InChI=1S/C25H24N2O4/c1-16-13-18(26-17(2)28)11-12-24(16)30-14-19(29)15-31-27-25-22-9-5-3-7-20(22)21-8-4-6-10-23(21)25/h3-13,19,29H,14-15H2,1-2H3,(H,26,28)/t19-/m0/s1. The summed E-state index contributed by atoms with van der Waals surface area (Å²) in [6, 6.07) is 21.5. The highest BCUT2D eigenvalue weighted by Crippen LogP contribution is 2.36. The summed E-state index contributed by atoms with van der Waals surface area (Å²) in [7, 11) is 0. The van der Waals surface area contributed by atoms with Crippen LogP contribution in [0.4, 0.5) is 5.69 Å². The maximum absolute atomic E-state index is 11.2. The molecule has 1 aliphatic carbocycles. The third kappa shape index (κ3) is 4.59. The van der Waals surface area contributed by atoms with Gasteiger partial charge in [0, 0.05) is 23.7 Å². The predicted molar refractivity (Wildman–Crippen MR) is 120 cm³/mol. The van der Waals surface area contributed by atoms with Crippen LogP contribution in [0.15, 0.2) is 71.9 Å². The number of aryl methyl sites for hydroxylation is 1. The number of benzene rings is 3. The van der Waals surface area contributed by atoms with Gasteiger partial charge < -0.3 is 20.0 Å². The molecule has 3 aromatic carbocycles. The van der Waals surface area contributed by atoms with Crippen molar-refractivity contribution in [2.24, 2.45) is 5.16 Å². The van der Waals surface area contributed by atoms with Gasteiger partial charge in [0.1, 0.15) is 30.8 Å². The van der Waals surface area contributed by atoms with E-state index in [-0.39, 0.29) is 19.1 Å². The Hall–Kier alpha value is -3.64. The Morgan fingerprint density at radius 1 is 0.968 bits per heavy atom. The van der Waals surface area contributed by atoms with Crippen molar-refractivity contribution in [1.29, 1.82) is 0 Å². The number of aliphatic hydroxyl groups excluding tert-OH is 1. The van der Waals surface area contributed by atoms with E-state index in [0.717, 1.165) is 33.5 Å². The fraction of sp³-hybridized carbons (Fsp3) is 0.200. The van der Waals surface area contributed by atoms with Crippen LogP contribution >= 0.6 is 0 Å². The first-order chi connectivity index (χ1) is 15.0. The van der Waals surface area contributed by atoms with Crippen LogP contribution in [0.5, 0.6) is 5.75 Å². The summed E-state index contributed by atoms with van der Waals surface area (Å²) in [6.45, 7) is 3.42. The third-order valence-electron chi connectivity index (χ3n) is 5.00. The quantitative estimate of drug-likeness (QED) is 0.444. The van der Waals surface area contributed by atoms with Crippen LogP contribution in [0.25, 0.3) is 11.1 Å². The van der Waals surface area contributed by atoms with Crippen LogP contribution in [0, 0.1) is 6.92 Å². The van der Waals surface area contributed by atoms with Gasteiger partial charge in [0.25, 0.3) is 0 Å². The van der Waals surface area contributed by atoms with Crippen LogP contribution in [0.1, 0.15) is 23.6 Å². The van der Waals surface area contributed by atoms with E-state index in [4.69, 9.17) is 9.57 Å². The summed E-state index contributed by atoms with van der Waals surface area (Å²) in [5.41, 5.74) is 6.62. The van der Waals surface area contributed by atoms with E-state index >= 15 is 0 Å². The number of ether oxygens (including phenoxy) is 1. The van der Waals surface area contributed by atoms with Crippen LogP contribution in [0.3, 0.4) is 0 Å². The highest BCUT2D eigenvalue weighted by molar-refractivity contribution is 6.24. The Balaban J connectivity index is 1.36. The van der Waals surface area contributed by atoms with Crippen molar-refractivity contribution in [3.63, 3.8) is 0 Å². The number of carbonyl (C=O) groups is 1. The number of nitrogens with one attached hydrogen (secondary N) is 1. The van der Waals surface area contributed by atoms with Crippen molar-refractivity contribution in [2.45, 2.75) is 20.0 Å². The molecule has 4 rings (SSSR count). The second-order valence-electron chi connectivity index (χ2n) is 7.45. The topological polar surface area (TPSA) is 80.2 Å². The Morgan fingerprint density at radius 2 is 1.58 bits per heavy atom. The Bertz CT molecular complexity index is 1090. The first-order valence-corrected chi connectivity index (χ1v) is 10.1. The number of oxime groups is 1. The van der Waals surface area contributed by atoms with Crippen LogP contribution in [-0.4, -0.2) is 36.0 Å². The average Bonchev–Trinajstić information content (AvgIpc) is 3.07. The number of hydrogen-bond donors (Lipinski definition) is 2. The SMILES string of the molecule is CC(=O)Nc1ccc(OC[C@H](O)CON=C2c3ccccc3-c3ccccc32)c(C)c1. The number of carbonyl (C=O) groups excluding carboxylic acids is 1. The first-order valence-electron chi connectivity index (χ1n) is 10.1. The maximum atomic E-state index is 11.2.